The van der Waals surface area contributed by atoms with E-state index in [2.05, 4.69) is 20.7 Å². The Morgan fingerprint density at radius 3 is 2.65 bits per heavy atom. The number of rotatable bonds is 4. The first-order valence-corrected chi connectivity index (χ1v) is 6.65. The highest BCUT2D eigenvalue weighted by Gasteiger charge is 2.12. The van der Waals surface area contributed by atoms with E-state index < -0.39 is 11.8 Å². The molecule has 0 aliphatic carbocycles. The van der Waals surface area contributed by atoms with Gasteiger partial charge in [-0.25, -0.2) is 9.18 Å². The molecule has 0 atom stereocenters. The Bertz CT molecular complexity index is 628. The van der Waals surface area contributed by atoms with E-state index >= 15 is 0 Å². The minimum atomic E-state index is -0.694. The van der Waals surface area contributed by atoms with Gasteiger partial charge in [-0.05, 0) is 45.8 Å². The SMILES string of the molecule is COC(=O)c1ccc(COc2ccccc2Br)cc1F. The molecular weight excluding hydrogens is 327 g/mol. The number of ether oxygens (including phenoxy) is 2. The molecule has 0 heterocycles. The summed E-state index contributed by atoms with van der Waals surface area (Å²) in [6, 6.07) is 11.7. The molecule has 3 nitrogen and oxygen atoms in total. The van der Waals surface area contributed by atoms with Crippen molar-refractivity contribution in [2.24, 2.45) is 0 Å². The number of halogens is 2. The van der Waals surface area contributed by atoms with E-state index in [0.717, 1.165) is 4.47 Å². The normalized spacial score (nSPS) is 10.2. The number of carbonyl (C=O) groups excluding carboxylic acids is 1. The van der Waals surface area contributed by atoms with Crippen LogP contribution in [-0.2, 0) is 11.3 Å². The van der Waals surface area contributed by atoms with Crippen LogP contribution >= 0.6 is 15.9 Å². The van der Waals surface area contributed by atoms with Crippen LogP contribution in [0.4, 0.5) is 4.39 Å². The number of methoxy groups -OCH3 is 1. The summed E-state index contributed by atoms with van der Waals surface area (Å²) in [5.74, 6) is -0.643. The molecule has 0 spiro atoms. The van der Waals surface area contributed by atoms with Crippen molar-refractivity contribution in [3.63, 3.8) is 0 Å². The number of para-hydroxylation sites is 1. The van der Waals surface area contributed by atoms with Crippen LogP contribution in [0.1, 0.15) is 15.9 Å². The third kappa shape index (κ3) is 3.36. The molecule has 0 saturated carbocycles. The Morgan fingerprint density at radius 1 is 1.25 bits per heavy atom. The molecular formula is C15H12BrFO3. The Hall–Kier alpha value is -1.88. The van der Waals surface area contributed by atoms with Crippen molar-refractivity contribution < 1.29 is 18.7 Å². The Labute approximate surface area is 124 Å². The summed E-state index contributed by atoms with van der Waals surface area (Å²) in [6.45, 7) is 0.209. The molecule has 104 valence electrons. The summed E-state index contributed by atoms with van der Waals surface area (Å²) in [7, 11) is 1.21. The van der Waals surface area contributed by atoms with Gasteiger partial charge in [0.15, 0.2) is 0 Å². The zero-order valence-corrected chi connectivity index (χ0v) is 12.3. The van der Waals surface area contributed by atoms with Crippen LogP contribution in [0.5, 0.6) is 5.75 Å². The molecule has 0 radical (unpaired) electrons. The van der Waals surface area contributed by atoms with Crippen molar-refractivity contribution in [1.29, 1.82) is 0 Å². The fourth-order valence-corrected chi connectivity index (χ4v) is 2.05. The molecule has 0 aromatic heterocycles. The highest BCUT2D eigenvalue weighted by atomic mass is 79.9. The summed E-state index contributed by atoms with van der Waals surface area (Å²) in [4.78, 5) is 11.3. The van der Waals surface area contributed by atoms with Crippen LogP contribution < -0.4 is 4.74 Å². The van der Waals surface area contributed by atoms with Gasteiger partial charge < -0.3 is 9.47 Å². The molecule has 0 saturated heterocycles. The number of benzene rings is 2. The Morgan fingerprint density at radius 2 is 2.00 bits per heavy atom. The lowest BCUT2D eigenvalue weighted by Crippen LogP contribution is -2.05. The minimum absolute atomic E-state index is 0.0860. The number of esters is 1. The maximum Gasteiger partial charge on any atom is 0.340 e. The summed E-state index contributed by atoms with van der Waals surface area (Å²) in [5.41, 5.74) is 0.544. The molecule has 2 aromatic rings. The molecule has 0 bridgehead atoms. The third-order valence-electron chi connectivity index (χ3n) is 2.67. The molecule has 0 aliphatic rings. The molecule has 20 heavy (non-hydrogen) atoms. The van der Waals surface area contributed by atoms with Crippen molar-refractivity contribution in [1.82, 2.24) is 0 Å². The molecule has 2 rings (SSSR count). The lowest BCUT2D eigenvalue weighted by molar-refractivity contribution is 0.0595. The second kappa shape index (κ2) is 6.52. The van der Waals surface area contributed by atoms with E-state index in [4.69, 9.17) is 4.74 Å². The van der Waals surface area contributed by atoms with Crippen molar-refractivity contribution in [3.05, 3.63) is 63.9 Å². The van der Waals surface area contributed by atoms with Crippen molar-refractivity contribution in [2.45, 2.75) is 6.61 Å². The fourth-order valence-electron chi connectivity index (χ4n) is 1.65. The predicted molar refractivity (Wildman–Crippen MR) is 76.2 cm³/mol. The summed E-state index contributed by atoms with van der Waals surface area (Å²) in [6.07, 6.45) is 0. The largest absolute Gasteiger partial charge is 0.488 e. The average molecular weight is 339 g/mol. The van der Waals surface area contributed by atoms with Gasteiger partial charge in [0.1, 0.15) is 18.2 Å². The lowest BCUT2D eigenvalue weighted by atomic mass is 10.1. The fraction of sp³-hybridized carbons (Fsp3) is 0.133. The van der Waals surface area contributed by atoms with Gasteiger partial charge in [-0.15, -0.1) is 0 Å². The van der Waals surface area contributed by atoms with Crippen LogP contribution in [0, 0.1) is 5.82 Å². The standard InChI is InChI=1S/C15H12BrFO3/c1-19-15(18)11-7-6-10(8-13(11)17)9-20-14-5-3-2-4-12(14)16/h2-8H,9H2,1H3. The summed E-state index contributed by atoms with van der Waals surface area (Å²) in [5, 5.41) is 0. The zero-order chi connectivity index (χ0) is 14.5. The highest BCUT2D eigenvalue weighted by Crippen LogP contribution is 2.25. The van der Waals surface area contributed by atoms with E-state index in [0.29, 0.717) is 11.3 Å². The number of hydrogen-bond acceptors (Lipinski definition) is 3. The minimum Gasteiger partial charge on any atom is -0.488 e. The molecule has 5 heteroatoms. The van der Waals surface area contributed by atoms with Gasteiger partial charge in [0.05, 0.1) is 17.1 Å². The van der Waals surface area contributed by atoms with Gasteiger partial charge in [0.2, 0.25) is 0 Å². The first kappa shape index (κ1) is 14.5. The van der Waals surface area contributed by atoms with E-state index in [1.54, 1.807) is 6.07 Å². The smallest absolute Gasteiger partial charge is 0.340 e. The van der Waals surface area contributed by atoms with Crippen molar-refractivity contribution in [2.75, 3.05) is 7.11 Å². The maximum absolute atomic E-state index is 13.7. The lowest BCUT2D eigenvalue weighted by Gasteiger charge is -2.09. The summed E-state index contributed by atoms with van der Waals surface area (Å²) < 4.78 is 24.6. The summed E-state index contributed by atoms with van der Waals surface area (Å²) >= 11 is 3.36. The van der Waals surface area contributed by atoms with Crippen LogP contribution in [0.3, 0.4) is 0 Å². The monoisotopic (exact) mass is 338 g/mol. The molecule has 0 aliphatic heterocycles. The topological polar surface area (TPSA) is 35.5 Å². The van der Waals surface area contributed by atoms with Gasteiger partial charge in [0, 0.05) is 0 Å². The molecule has 0 unspecified atom stereocenters. The van der Waals surface area contributed by atoms with Crippen LogP contribution in [0.2, 0.25) is 0 Å². The predicted octanol–water partition coefficient (Wildman–Crippen LogP) is 3.95. The van der Waals surface area contributed by atoms with E-state index in [9.17, 15) is 9.18 Å². The number of carbonyl (C=O) groups is 1. The first-order valence-electron chi connectivity index (χ1n) is 5.86. The van der Waals surface area contributed by atoms with Gasteiger partial charge >= 0.3 is 5.97 Å². The van der Waals surface area contributed by atoms with E-state index in [1.165, 1.54) is 19.2 Å². The Balaban J connectivity index is 2.10. The maximum atomic E-state index is 13.7. The Kier molecular flexibility index (Phi) is 4.74. The second-order valence-electron chi connectivity index (χ2n) is 4.02. The third-order valence-corrected chi connectivity index (χ3v) is 3.32. The van der Waals surface area contributed by atoms with Crippen LogP contribution in [0.25, 0.3) is 0 Å². The molecule has 0 N–H and O–H groups in total. The first-order chi connectivity index (χ1) is 9.61. The molecule has 0 fully saturated rings. The molecule has 2 aromatic carbocycles. The molecule has 0 amide bonds. The van der Waals surface area contributed by atoms with E-state index in [1.807, 2.05) is 24.3 Å². The van der Waals surface area contributed by atoms with E-state index in [-0.39, 0.29) is 12.2 Å². The van der Waals surface area contributed by atoms with Gasteiger partial charge in [0.25, 0.3) is 0 Å². The highest BCUT2D eigenvalue weighted by molar-refractivity contribution is 9.10. The quantitative estimate of drug-likeness (QED) is 0.791. The van der Waals surface area contributed by atoms with Gasteiger partial charge in [-0.1, -0.05) is 18.2 Å². The van der Waals surface area contributed by atoms with Gasteiger partial charge in [-0.3, -0.25) is 0 Å². The zero-order valence-electron chi connectivity index (χ0n) is 10.7. The number of hydrogen-bond donors (Lipinski definition) is 0. The second-order valence-corrected chi connectivity index (χ2v) is 4.88. The van der Waals surface area contributed by atoms with Crippen molar-refractivity contribution >= 4 is 21.9 Å². The van der Waals surface area contributed by atoms with Crippen molar-refractivity contribution in [3.8, 4) is 5.75 Å². The van der Waals surface area contributed by atoms with Crippen LogP contribution in [-0.4, -0.2) is 13.1 Å². The average Bonchev–Trinajstić information content (AvgIpc) is 2.46. The van der Waals surface area contributed by atoms with Gasteiger partial charge in [-0.2, -0.15) is 0 Å². The van der Waals surface area contributed by atoms with Crippen LogP contribution in [0.15, 0.2) is 46.9 Å².